The van der Waals surface area contributed by atoms with Crippen LogP contribution in [-0.2, 0) is 35.1 Å². The van der Waals surface area contributed by atoms with Crippen LogP contribution in [0.15, 0.2) is 12.1 Å². The Morgan fingerprint density at radius 3 is 2.31 bits per heavy atom. The van der Waals surface area contributed by atoms with Crippen LogP contribution >= 0.6 is 0 Å². The van der Waals surface area contributed by atoms with Crippen LogP contribution in [0.2, 0.25) is 0 Å². The molecule has 180 valence electrons. The molecule has 0 spiro atoms. The third-order valence-electron chi connectivity index (χ3n) is 3.71. The van der Waals surface area contributed by atoms with Gasteiger partial charge in [0.15, 0.2) is 0 Å². The van der Waals surface area contributed by atoms with E-state index in [1.807, 2.05) is 0 Å². The fourth-order valence-electron chi connectivity index (χ4n) is 2.47. The first-order valence-corrected chi connectivity index (χ1v) is 11.4. The van der Waals surface area contributed by atoms with E-state index >= 15 is 0 Å². The van der Waals surface area contributed by atoms with Gasteiger partial charge in [-0.05, 0) is 45.7 Å². The van der Waals surface area contributed by atoms with E-state index in [1.54, 1.807) is 20.8 Å². The van der Waals surface area contributed by atoms with Gasteiger partial charge in [-0.3, -0.25) is 19.6 Å². The van der Waals surface area contributed by atoms with Crippen LogP contribution in [0.4, 0.5) is 16.2 Å². The van der Waals surface area contributed by atoms with E-state index < -0.39 is 38.4 Å². The molecule has 0 saturated heterocycles. The fourth-order valence-corrected chi connectivity index (χ4v) is 2.89. The number of methoxy groups -OCH3 is 1. The summed E-state index contributed by atoms with van der Waals surface area (Å²) in [5.74, 6) is -0.877. The molecule has 0 unspecified atom stereocenters. The Morgan fingerprint density at radius 2 is 1.78 bits per heavy atom. The molecule has 0 atom stereocenters. The van der Waals surface area contributed by atoms with Crippen LogP contribution in [0, 0.1) is 10.1 Å². The molecule has 0 radical (unpaired) electrons. The molecule has 13 heteroatoms. The lowest BCUT2D eigenvalue weighted by Gasteiger charge is -2.20. The largest absolute Gasteiger partial charge is 0.465 e. The molecule has 0 heterocycles. The molecule has 12 nitrogen and oxygen atoms in total. The van der Waals surface area contributed by atoms with Crippen molar-refractivity contribution in [1.82, 2.24) is 0 Å². The summed E-state index contributed by atoms with van der Waals surface area (Å²) in [7, 11) is -2.41. The molecule has 1 aromatic carbocycles. The van der Waals surface area contributed by atoms with E-state index in [9.17, 15) is 28.1 Å². The molecule has 0 aliphatic heterocycles. The summed E-state index contributed by atoms with van der Waals surface area (Å²) < 4.78 is 41.6. The van der Waals surface area contributed by atoms with Gasteiger partial charge in [-0.2, -0.15) is 8.42 Å². The molecular weight excluding hydrogens is 448 g/mol. The molecule has 32 heavy (non-hydrogen) atoms. The van der Waals surface area contributed by atoms with Crippen molar-refractivity contribution in [3.05, 3.63) is 33.4 Å². The van der Waals surface area contributed by atoms with Crippen LogP contribution in [0.25, 0.3) is 0 Å². The number of unbranched alkanes of at least 4 members (excludes halogenated alkanes) is 1. The second-order valence-electron chi connectivity index (χ2n) is 7.66. The molecule has 1 amide bonds. The summed E-state index contributed by atoms with van der Waals surface area (Å²) in [6.07, 6.45) is 0.826. The summed E-state index contributed by atoms with van der Waals surface area (Å²) in [5.41, 5.74) is -1.86. The first kappa shape index (κ1) is 27.3. The lowest BCUT2D eigenvalue weighted by molar-refractivity contribution is -0.385. The average Bonchev–Trinajstić information content (AvgIpc) is 2.64. The van der Waals surface area contributed by atoms with Crippen molar-refractivity contribution in [2.45, 2.75) is 45.8 Å². The number of nitro benzene ring substituents is 1. The highest BCUT2D eigenvalue weighted by atomic mass is 32.2. The van der Waals surface area contributed by atoms with Crippen LogP contribution in [0.5, 0.6) is 0 Å². The maximum Gasteiger partial charge on any atom is 0.412 e. The second-order valence-corrected chi connectivity index (χ2v) is 9.30. The Kier molecular flexibility index (Phi) is 10.0. The van der Waals surface area contributed by atoms with Gasteiger partial charge in [0, 0.05) is 6.61 Å². The highest BCUT2D eigenvalue weighted by Gasteiger charge is 2.29. The lowest BCUT2D eigenvalue weighted by atomic mass is 10.1. The molecule has 0 aromatic heterocycles. The first-order chi connectivity index (χ1) is 14.7. The molecule has 0 bridgehead atoms. The number of nitrogens with one attached hydrogen (secondary N) is 1. The number of ether oxygens (including phenoxy) is 3. The minimum atomic E-state index is -3.51. The number of nitrogens with zero attached hydrogens (tertiary/aromatic N) is 1. The molecule has 0 fully saturated rings. The molecule has 1 rings (SSSR count). The summed E-state index contributed by atoms with van der Waals surface area (Å²) in [6, 6.07) is 2.61. The van der Waals surface area contributed by atoms with E-state index in [1.165, 1.54) is 12.1 Å². The summed E-state index contributed by atoms with van der Waals surface area (Å²) >= 11 is 0. The van der Waals surface area contributed by atoms with Crippen molar-refractivity contribution in [3.63, 3.8) is 0 Å². The van der Waals surface area contributed by atoms with Gasteiger partial charge in [-0.1, -0.05) is 0 Å². The van der Waals surface area contributed by atoms with E-state index in [-0.39, 0.29) is 36.6 Å². The molecule has 0 saturated carbocycles. The van der Waals surface area contributed by atoms with Crippen LogP contribution < -0.4 is 5.32 Å². The number of rotatable bonds is 11. The van der Waals surface area contributed by atoms with Gasteiger partial charge in [-0.15, -0.1) is 0 Å². The van der Waals surface area contributed by atoms with E-state index in [4.69, 9.17) is 9.47 Å². The zero-order valence-corrected chi connectivity index (χ0v) is 19.4. The number of nitro groups is 1. The quantitative estimate of drug-likeness (QED) is 0.165. The minimum absolute atomic E-state index is 0.000123. The van der Waals surface area contributed by atoms with Crippen LogP contribution in [0.1, 0.15) is 49.5 Å². The Morgan fingerprint density at radius 1 is 1.16 bits per heavy atom. The van der Waals surface area contributed by atoms with Crippen molar-refractivity contribution in [2.75, 3.05) is 31.9 Å². The summed E-state index contributed by atoms with van der Waals surface area (Å²) in [4.78, 5) is 35.3. The first-order valence-electron chi connectivity index (χ1n) is 9.56. The maximum absolute atomic E-state index is 12.2. The number of benzene rings is 1. The monoisotopic (exact) mass is 476 g/mol. The molecule has 1 aromatic rings. The van der Waals surface area contributed by atoms with Gasteiger partial charge in [0.2, 0.25) is 0 Å². The van der Waals surface area contributed by atoms with Gasteiger partial charge >= 0.3 is 12.1 Å². The lowest BCUT2D eigenvalue weighted by Crippen LogP contribution is -2.28. The third-order valence-corrected chi connectivity index (χ3v) is 4.31. The zero-order chi connectivity index (χ0) is 24.5. The Balaban J connectivity index is 3.01. The predicted octanol–water partition coefficient (Wildman–Crippen LogP) is 3.00. The van der Waals surface area contributed by atoms with Gasteiger partial charge in [-0.25, -0.2) is 9.59 Å². The van der Waals surface area contributed by atoms with Crippen molar-refractivity contribution in [2.24, 2.45) is 0 Å². The smallest absolute Gasteiger partial charge is 0.412 e. The van der Waals surface area contributed by atoms with Crippen molar-refractivity contribution in [3.8, 4) is 0 Å². The maximum atomic E-state index is 12.2. The van der Waals surface area contributed by atoms with Gasteiger partial charge in [0.1, 0.15) is 11.3 Å². The molecular formula is C19H28N2O10S. The van der Waals surface area contributed by atoms with Crippen LogP contribution in [-0.4, -0.2) is 57.6 Å². The predicted molar refractivity (Wildman–Crippen MR) is 114 cm³/mol. The highest BCUT2D eigenvalue weighted by Crippen LogP contribution is 2.34. The number of esters is 1. The number of anilines is 1. The minimum Gasteiger partial charge on any atom is -0.465 e. The number of carbonyl (C=O) groups excluding carboxylic acids is 2. The number of carbonyl (C=O) groups is 2. The summed E-state index contributed by atoms with van der Waals surface area (Å²) in [5, 5.41) is 14.0. The van der Waals surface area contributed by atoms with E-state index in [2.05, 4.69) is 14.2 Å². The second kappa shape index (κ2) is 11.7. The van der Waals surface area contributed by atoms with Gasteiger partial charge in [0.05, 0.1) is 42.6 Å². The van der Waals surface area contributed by atoms with Gasteiger partial charge in [0.25, 0.3) is 15.8 Å². The van der Waals surface area contributed by atoms with Crippen molar-refractivity contribution < 1.29 is 41.3 Å². The van der Waals surface area contributed by atoms with E-state index in [0.29, 0.717) is 12.8 Å². The highest BCUT2D eigenvalue weighted by molar-refractivity contribution is 7.85. The average molecular weight is 477 g/mol. The van der Waals surface area contributed by atoms with Crippen molar-refractivity contribution >= 4 is 33.6 Å². The van der Waals surface area contributed by atoms with Crippen molar-refractivity contribution in [1.29, 1.82) is 0 Å². The molecule has 0 aliphatic rings. The standard InChI is InChI=1S/C19H28N2O10S/c1-19(2,3)31-18(23)20-15-14(17(22)28-4)9-8-13(16(15)21(24)25)12-29-10-6-7-11-30-32(5,26)27/h8-9H,6-7,10-12H2,1-5H3,(H,20,23). The number of hydrogen-bond donors (Lipinski definition) is 1. The zero-order valence-electron chi connectivity index (χ0n) is 18.6. The number of hydrogen-bond acceptors (Lipinski definition) is 10. The Bertz CT molecular complexity index is 938. The Hall–Kier alpha value is -2.77. The Labute approximate surface area is 186 Å². The summed E-state index contributed by atoms with van der Waals surface area (Å²) in [6.45, 7) is 4.85. The van der Waals surface area contributed by atoms with Gasteiger partial charge < -0.3 is 14.2 Å². The topological polar surface area (TPSA) is 160 Å². The molecule has 1 N–H and O–H groups in total. The van der Waals surface area contributed by atoms with Crippen LogP contribution in [0.3, 0.4) is 0 Å². The molecule has 0 aliphatic carbocycles. The normalized spacial score (nSPS) is 11.7. The SMILES string of the molecule is COC(=O)c1ccc(COCCCCOS(C)(=O)=O)c([N+](=O)[O-])c1NC(=O)OC(C)(C)C. The third kappa shape index (κ3) is 9.58. The van der Waals surface area contributed by atoms with E-state index in [0.717, 1.165) is 13.4 Å². The number of amides is 1. The fraction of sp³-hybridized carbons (Fsp3) is 0.579.